The van der Waals surface area contributed by atoms with Gasteiger partial charge in [0, 0.05) is 5.41 Å². The highest BCUT2D eigenvalue weighted by atomic mass is 16.6. The van der Waals surface area contributed by atoms with Crippen molar-refractivity contribution >= 4 is 5.82 Å². The van der Waals surface area contributed by atoms with E-state index >= 15 is 0 Å². The molecule has 2 heterocycles. The maximum absolute atomic E-state index is 5.60. The topological polar surface area (TPSA) is 95.6 Å². The highest BCUT2D eigenvalue weighted by molar-refractivity contribution is 5.44. The number of aromatic nitrogens is 5. The minimum absolute atomic E-state index is 0.0751. The number of hydrogen-bond acceptors (Lipinski definition) is 6. The molecule has 0 aromatic carbocycles. The normalized spacial score (nSPS) is 12.0. The molecule has 0 aliphatic carbocycles. The third kappa shape index (κ3) is 1.54. The van der Waals surface area contributed by atoms with Crippen LogP contribution in [-0.4, -0.2) is 25.3 Å². The average molecular weight is 222 g/mol. The molecule has 2 aromatic rings. The second-order valence-corrected chi connectivity index (χ2v) is 4.66. The smallest absolute Gasteiger partial charge is 0.243 e. The summed E-state index contributed by atoms with van der Waals surface area (Å²) in [6.45, 7) is 8.12. The molecule has 16 heavy (non-hydrogen) atoms. The van der Waals surface area contributed by atoms with Gasteiger partial charge in [-0.3, -0.25) is 0 Å². The summed E-state index contributed by atoms with van der Waals surface area (Å²) in [7, 11) is 0. The van der Waals surface area contributed by atoms with Gasteiger partial charge in [0.25, 0.3) is 0 Å². The Morgan fingerprint density at radius 3 is 2.38 bits per heavy atom. The van der Waals surface area contributed by atoms with Crippen molar-refractivity contribution in [3.63, 3.8) is 0 Å². The molecule has 0 spiro atoms. The molecule has 7 heteroatoms. The minimum atomic E-state index is -0.0751. The second kappa shape index (κ2) is 3.29. The highest BCUT2D eigenvalue weighted by Crippen LogP contribution is 2.24. The molecule has 0 aliphatic heterocycles. The van der Waals surface area contributed by atoms with Crippen LogP contribution in [0.25, 0.3) is 5.82 Å². The molecule has 0 aliphatic rings. The summed E-state index contributed by atoms with van der Waals surface area (Å²) in [5, 5.41) is 15.3. The van der Waals surface area contributed by atoms with Gasteiger partial charge in [0.1, 0.15) is 0 Å². The lowest BCUT2D eigenvalue weighted by molar-refractivity contribution is 0.306. The summed E-state index contributed by atoms with van der Waals surface area (Å²) in [5.74, 6) is 0.578. The van der Waals surface area contributed by atoms with Gasteiger partial charge in [0.15, 0.2) is 0 Å². The van der Waals surface area contributed by atoms with Crippen molar-refractivity contribution in [2.75, 3.05) is 5.73 Å². The standard InChI is InChI=1S/C9H14N6O/c1-5-6(9(2,3)4)11-14-15(5)8-7(10)12-16-13-8/h1-4H3,(H2,10,12). The van der Waals surface area contributed by atoms with Crippen LogP contribution >= 0.6 is 0 Å². The fourth-order valence-corrected chi connectivity index (χ4v) is 1.56. The van der Waals surface area contributed by atoms with Gasteiger partial charge in [0.2, 0.25) is 11.6 Å². The van der Waals surface area contributed by atoms with E-state index < -0.39 is 0 Å². The number of nitrogens with zero attached hydrogens (tertiary/aromatic N) is 5. The van der Waals surface area contributed by atoms with Gasteiger partial charge in [-0.2, -0.15) is 4.68 Å². The van der Waals surface area contributed by atoms with E-state index in [0.29, 0.717) is 5.82 Å². The Morgan fingerprint density at radius 2 is 1.94 bits per heavy atom. The van der Waals surface area contributed by atoms with Crippen LogP contribution in [0.2, 0.25) is 0 Å². The molecule has 0 saturated carbocycles. The van der Waals surface area contributed by atoms with Crippen molar-refractivity contribution in [2.24, 2.45) is 0 Å². The lowest BCUT2D eigenvalue weighted by Gasteiger charge is -2.15. The number of anilines is 1. The summed E-state index contributed by atoms with van der Waals surface area (Å²) in [6, 6.07) is 0. The van der Waals surface area contributed by atoms with E-state index in [9.17, 15) is 0 Å². The van der Waals surface area contributed by atoms with Crippen LogP contribution in [0.3, 0.4) is 0 Å². The van der Waals surface area contributed by atoms with E-state index in [2.05, 4.69) is 46.0 Å². The molecular formula is C9H14N6O. The maximum Gasteiger partial charge on any atom is 0.243 e. The van der Waals surface area contributed by atoms with E-state index in [4.69, 9.17) is 5.73 Å². The van der Waals surface area contributed by atoms with E-state index in [0.717, 1.165) is 11.4 Å². The first-order chi connectivity index (χ1) is 7.41. The zero-order chi connectivity index (χ0) is 11.9. The van der Waals surface area contributed by atoms with Gasteiger partial charge < -0.3 is 5.73 Å². The van der Waals surface area contributed by atoms with E-state index in [-0.39, 0.29) is 11.2 Å². The molecular weight excluding hydrogens is 208 g/mol. The fraction of sp³-hybridized carbons (Fsp3) is 0.556. The van der Waals surface area contributed by atoms with Gasteiger partial charge in [-0.1, -0.05) is 26.0 Å². The Hall–Kier alpha value is -1.92. The molecule has 7 nitrogen and oxygen atoms in total. The van der Waals surface area contributed by atoms with Gasteiger partial charge in [0.05, 0.1) is 11.4 Å². The van der Waals surface area contributed by atoms with Crippen LogP contribution in [0.1, 0.15) is 32.2 Å². The van der Waals surface area contributed by atoms with Crippen LogP contribution in [0.15, 0.2) is 4.63 Å². The Labute approximate surface area is 92.6 Å². The van der Waals surface area contributed by atoms with Crippen molar-refractivity contribution < 1.29 is 4.63 Å². The molecule has 0 saturated heterocycles. The largest absolute Gasteiger partial charge is 0.378 e. The van der Waals surface area contributed by atoms with Gasteiger partial charge in [-0.15, -0.1) is 5.10 Å². The van der Waals surface area contributed by atoms with Crippen molar-refractivity contribution in [3.8, 4) is 5.82 Å². The van der Waals surface area contributed by atoms with Crippen molar-refractivity contribution in [3.05, 3.63) is 11.4 Å². The van der Waals surface area contributed by atoms with Gasteiger partial charge >= 0.3 is 0 Å². The number of rotatable bonds is 1. The Bertz CT molecular complexity index is 506. The molecule has 2 rings (SSSR count). The van der Waals surface area contributed by atoms with Crippen LogP contribution in [0, 0.1) is 6.92 Å². The first-order valence-electron chi connectivity index (χ1n) is 4.92. The van der Waals surface area contributed by atoms with Crippen molar-refractivity contribution in [1.29, 1.82) is 0 Å². The molecule has 0 atom stereocenters. The number of nitrogen functional groups attached to an aromatic ring is 1. The predicted molar refractivity (Wildman–Crippen MR) is 57.1 cm³/mol. The first kappa shape index (κ1) is 10.6. The molecule has 0 amide bonds. The number of hydrogen-bond donors (Lipinski definition) is 1. The molecule has 0 fully saturated rings. The van der Waals surface area contributed by atoms with Gasteiger partial charge in [-0.25, -0.2) is 4.63 Å². The van der Waals surface area contributed by atoms with Crippen LogP contribution in [-0.2, 0) is 5.41 Å². The third-order valence-electron chi connectivity index (χ3n) is 2.30. The monoisotopic (exact) mass is 222 g/mol. The quantitative estimate of drug-likeness (QED) is 0.768. The molecule has 0 bridgehead atoms. The Kier molecular flexibility index (Phi) is 2.18. The van der Waals surface area contributed by atoms with Crippen LogP contribution < -0.4 is 5.73 Å². The zero-order valence-electron chi connectivity index (χ0n) is 9.72. The summed E-state index contributed by atoms with van der Waals surface area (Å²) >= 11 is 0. The van der Waals surface area contributed by atoms with Crippen molar-refractivity contribution in [1.82, 2.24) is 25.3 Å². The lowest BCUT2D eigenvalue weighted by Crippen LogP contribution is -2.14. The lowest BCUT2D eigenvalue weighted by atomic mass is 9.91. The molecule has 0 radical (unpaired) electrons. The summed E-state index contributed by atoms with van der Waals surface area (Å²) in [5.41, 5.74) is 7.31. The average Bonchev–Trinajstić information content (AvgIpc) is 2.70. The van der Waals surface area contributed by atoms with E-state index in [1.54, 1.807) is 0 Å². The number of nitrogens with two attached hydrogens (primary N) is 1. The highest BCUT2D eigenvalue weighted by Gasteiger charge is 2.24. The summed E-state index contributed by atoms with van der Waals surface area (Å²) in [6.07, 6.45) is 0. The van der Waals surface area contributed by atoms with Crippen LogP contribution in [0.5, 0.6) is 0 Å². The molecule has 0 unspecified atom stereocenters. The van der Waals surface area contributed by atoms with Crippen LogP contribution in [0.4, 0.5) is 5.82 Å². The minimum Gasteiger partial charge on any atom is -0.378 e. The van der Waals surface area contributed by atoms with E-state index in [1.807, 2.05) is 6.92 Å². The second-order valence-electron chi connectivity index (χ2n) is 4.66. The maximum atomic E-state index is 5.60. The predicted octanol–water partition coefficient (Wildman–Crippen LogP) is 0.838. The van der Waals surface area contributed by atoms with Crippen molar-refractivity contribution in [2.45, 2.75) is 33.1 Å². The van der Waals surface area contributed by atoms with E-state index in [1.165, 1.54) is 4.68 Å². The Balaban J connectivity index is 2.54. The van der Waals surface area contributed by atoms with Gasteiger partial charge in [-0.05, 0) is 17.2 Å². The SMILES string of the molecule is Cc1c(C(C)(C)C)nnn1-c1nonc1N. The molecule has 2 N–H and O–H groups in total. The summed E-state index contributed by atoms with van der Waals surface area (Å²) < 4.78 is 6.07. The molecule has 2 aromatic heterocycles. The summed E-state index contributed by atoms with van der Waals surface area (Å²) in [4.78, 5) is 0. The molecule has 86 valence electrons. The zero-order valence-corrected chi connectivity index (χ0v) is 9.72. The third-order valence-corrected chi connectivity index (χ3v) is 2.30. The Morgan fingerprint density at radius 1 is 1.25 bits per heavy atom. The first-order valence-corrected chi connectivity index (χ1v) is 4.92. The fourth-order valence-electron chi connectivity index (χ4n) is 1.56.